The van der Waals surface area contributed by atoms with Crippen molar-refractivity contribution in [1.29, 1.82) is 0 Å². The lowest BCUT2D eigenvalue weighted by atomic mass is 9.97. The summed E-state index contributed by atoms with van der Waals surface area (Å²) in [6, 6.07) is 29.1. The monoisotopic (exact) mass is 1010 g/mol. The molecule has 0 saturated carbocycles. The molecular formula is C60H62O14. The molecule has 0 saturated heterocycles. The maximum absolute atomic E-state index is 13.1. The van der Waals surface area contributed by atoms with Gasteiger partial charge in [0.15, 0.2) is 23.0 Å². The number of rotatable bonds is 21. The first kappa shape index (κ1) is 55.1. The van der Waals surface area contributed by atoms with Crippen LogP contribution in [0.15, 0.2) is 97.1 Å². The van der Waals surface area contributed by atoms with Crippen LogP contribution in [0, 0.1) is 55.4 Å². The van der Waals surface area contributed by atoms with Crippen LogP contribution in [0.5, 0.6) is 46.0 Å². The molecule has 0 bridgehead atoms. The molecule has 14 heteroatoms. The molecule has 0 aliphatic rings. The van der Waals surface area contributed by atoms with E-state index < -0.39 is 35.8 Å². The molecule has 6 aromatic rings. The highest BCUT2D eigenvalue weighted by Gasteiger charge is 2.21. The number of ether oxygens (including phenoxy) is 8. The maximum Gasteiger partial charge on any atom is 0.311 e. The molecule has 0 atom stereocenters. The topological polar surface area (TPSA) is 176 Å². The van der Waals surface area contributed by atoms with E-state index in [-0.39, 0.29) is 50.0 Å². The average Bonchev–Trinajstić information content (AvgIpc) is 3.34. The van der Waals surface area contributed by atoms with Crippen LogP contribution in [-0.4, -0.2) is 50.0 Å². The molecule has 0 amide bonds. The smallest absolute Gasteiger partial charge is 0.311 e. The molecule has 0 N–H and O–H groups in total. The van der Waals surface area contributed by atoms with Gasteiger partial charge in [0.2, 0.25) is 0 Å². The molecular weight excluding hydrogens is 945 g/mol. The molecule has 0 unspecified atom stereocenters. The molecule has 6 aromatic carbocycles. The van der Waals surface area contributed by atoms with E-state index in [9.17, 15) is 28.8 Å². The Bertz CT molecular complexity index is 2790. The summed E-state index contributed by atoms with van der Waals surface area (Å²) in [6.45, 7) is 14.9. The van der Waals surface area contributed by atoms with Crippen LogP contribution < -0.4 is 37.9 Å². The second kappa shape index (κ2) is 25.4. The van der Waals surface area contributed by atoms with Crippen LogP contribution in [0.3, 0.4) is 0 Å². The number of para-hydroxylation sites is 4. The van der Waals surface area contributed by atoms with Crippen molar-refractivity contribution in [2.24, 2.45) is 0 Å². The molecule has 6 rings (SSSR count). The predicted molar refractivity (Wildman–Crippen MR) is 277 cm³/mol. The SMILES string of the molecule is COc1ccccc1OC(=O)CCC(=O)Oc1c(C)cc(Cc2cc(C)c(OC(=O)CCC(=O)Oc3c(C)cc(Cc4cc(C)c(OC(=O)CCC(=O)Oc5ccccc5OC)c(C)c4)cc3C)c(C)c2)cc1C. The summed E-state index contributed by atoms with van der Waals surface area (Å²) in [5, 5.41) is 0. The van der Waals surface area contributed by atoms with Gasteiger partial charge in [-0.1, -0.05) is 72.8 Å². The van der Waals surface area contributed by atoms with E-state index in [1.165, 1.54) is 14.2 Å². The van der Waals surface area contributed by atoms with Gasteiger partial charge in [0.1, 0.15) is 23.0 Å². The van der Waals surface area contributed by atoms with Gasteiger partial charge in [0, 0.05) is 0 Å². The normalized spacial score (nSPS) is 10.8. The van der Waals surface area contributed by atoms with Crippen LogP contribution in [0.1, 0.15) is 105 Å². The zero-order valence-electron chi connectivity index (χ0n) is 43.6. The van der Waals surface area contributed by atoms with Crippen LogP contribution in [0.25, 0.3) is 0 Å². The number of benzene rings is 6. The van der Waals surface area contributed by atoms with Gasteiger partial charge in [-0.05, 0) is 159 Å². The number of carbonyl (C=O) groups is 6. The van der Waals surface area contributed by atoms with Crippen molar-refractivity contribution in [1.82, 2.24) is 0 Å². The minimum atomic E-state index is -0.581. The second-order valence-corrected chi connectivity index (χ2v) is 18.2. The Balaban J connectivity index is 0.957. The van der Waals surface area contributed by atoms with Crippen molar-refractivity contribution in [2.45, 2.75) is 107 Å². The van der Waals surface area contributed by atoms with Gasteiger partial charge in [-0.15, -0.1) is 0 Å². The second-order valence-electron chi connectivity index (χ2n) is 18.2. The number of hydrogen-bond acceptors (Lipinski definition) is 14. The Hall–Kier alpha value is -8.26. The van der Waals surface area contributed by atoms with Gasteiger partial charge < -0.3 is 37.9 Å². The Labute approximate surface area is 431 Å². The van der Waals surface area contributed by atoms with E-state index in [0.717, 1.165) is 66.8 Å². The van der Waals surface area contributed by atoms with Crippen LogP contribution >= 0.6 is 0 Å². The fourth-order valence-corrected chi connectivity index (χ4v) is 8.71. The molecule has 0 radical (unpaired) electrons. The van der Waals surface area contributed by atoms with Gasteiger partial charge in [-0.25, -0.2) is 0 Å². The Morgan fingerprint density at radius 2 is 0.486 bits per heavy atom. The number of carbonyl (C=O) groups excluding carboxylic acids is 6. The Morgan fingerprint density at radius 3 is 0.689 bits per heavy atom. The van der Waals surface area contributed by atoms with Crippen molar-refractivity contribution in [3.8, 4) is 46.0 Å². The summed E-state index contributed by atoms with van der Waals surface area (Å²) < 4.78 is 44.1. The largest absolute Gasteiger partial charge is 0.493 e. The van der Waals surface area contributed by atoms with Gasteiger partial charge in [-0.3, -0.25) is 28.8 Å². The molecule has 0 aromatic heterocycles. The van der Waals surface area contributed by atoms with Crippen molar-refractivity contribution in [3.05, 3.63) is 164 Å². The van der Waals surface area contributed by atoms with E-state index in [1.54, 1.807) is 48.5 Å². The third-order valence-electron chi connectivity index (χ3n) is 11.9. The van der Waals surface area contributed by atoms with Crippen molar-refractivity contribution in [3.63, 3.8) is 0 Å². The number of hydrogen-bond donors (Lipinski definition) is 0. The zero-order chi connectivity index (χ0) is 53.6. The van der Waals surface area contributed by atoms with Gasteiger partial charge in [0.25, 0.3) is 0 Å². The lowest BCUT2D eigenvalue weighted by molar-refractivity contribution is -0.140. The molecule has 0 spiro atoms. The summed E-state index contributed by atoms with van der Waals surface area (Å²) in [7, 11) is 2.95. The van der Waals surface area contributed by atoms with Crippen LogP contribution in [-0.2, 0) is 41.6 Å². The third-order valence-corrected chi connectivity index (χ3v) is 11.9. The third kappa shape index (κ3) is 15.1. The highest BCUT2D eigenvalue weighted by molar-refractivity contribution is 5.83. The predicted octanol–water partition coefficient (Wildman–Crippen LogP) is 11.2. The van der Waals surface area contributed by atoms with Crippen molar-refractivity contribution < 1.29 is 66.7 Å². The molecule has 14 nitrogen and oxygen atoms in total. The zero-order valence-corrected chi connectivity index (χ0v) is 43.6. The molecule has 386 valence electrons. The first-order valence-electron chi connectivity index (χ1n) is 24.2. The molecule has 0 aliphatic carbocycles. The minimum Gasteiger partial charge on any atom is -0.493 e. The fourth-order valence-electron chi connectivity index (χ4n) is 8.71. The number of aryl methyl sites for hydroxylation is 8. The molecule has 0 heterocycles. The standard InChI is InChI=1S/C60H62O14/c1-35-25-43(26-36(2)57(35)71-53(63)21-19-51(61)69-49-17-13-11-15-47(49)67-9)33-45-29-39(5)59(40(6)30-45)73-55(65)23-24-56(66)74-60-41(7)31-46(32-42(60)8)34-44-27-37(3)58(38(4)28-44)72-54(64)22-20-52(62)70-50-18-14-12-16-48(50)68-10/h11-18,25-32H,19-24,33-34H2,1-10H3. The number of esters is 6. The van der Waals surface area contributed by atoms with Crippen LogP contribution in [0.2, 0.25) is 0 Å². The first-order valence-corrected chi connectivity index (χ1v) is 24.2. The van der Waals surface area contributed by atoms with Crippen molar-refractivity contribution >= 4 is 35.8 Å². The molecule has 0 fully saturated rings. The Morgan fingerprint density at radius 1 is 0.297 bits per heavy atom. The first-order chi connectivity index (χ1) is 35.3. The maximum atomic E-state index is 13.1. The summed E-state index contributed by atoms with van der Waals surface area (Å²) in [5.41, 5.74) is 10.0. The summed E-state index contributed by atoms with van der Waals surface area (Å²) in [4.78, 5) is 76.5. The lowest BCUT2D eigenvalue weighted by Gasteiger charge is -2.16. The highest BCUT2D eigenvalue weighted by atomic mass is 16.6. The molecule has 0 aliphatic heterocycles. The van der Waals surface area contributed by atoms with E-state index in [4.69, 9.17) is 37.9 Å². The summed E-state index contributed by atoms with van der Waals surface area (Å²) in [5.74, 6) is -0.304. The minimum absolute atomic E-state index is 0.161. The lowest BCUT2D eigenvalue weighted by Crippen LogP contribution is -2.16. The number of methoxy groups -OCH3 is 2. The van der Waals surface area contributed by atoms with Crippen LogP contribution in [0.4, 0.5) is 0 Å². The van der Waals surface area contributed by atoms with E-state index >= 15 is 0 Å². The van der Waals surface area contributed by atoms with Gasteiger partial charge in [-0.2, -0.15) is 0 Å². The van der Waals surface area contributed by atoms with Gasteiger partial charge >= 0.3 is 35.8 Å². The summed E-state index contributed by atoms with van der Waals surface area (Å²) >= 11 is 0. The van der Waals surface area contributed by atoms with Crippen molar-refractivity contribution in [2.75, 3.05) is 14.2 Å². The average molecular weight is 1010 g/mol. The Kier molecular flexibility index (Phi) is 18.9. The fraction of sp³-hybridized carbons (Fsp3) is 0.300. The quantitative estimate of drug-likeness (QED) is 0.0491. The van der Waals surface area contributed by atoms with E-state index in [2.05, 4.69) is 0 Å². The summed E-state index contributed by atoms with van der Waals surface area (Å²) in [6.07, 6.45) is 0.116. The highest BCUT2D eigenvalue weighted by Crippen LogP contribution is 2.33. The van der Waals surface area contributed by atoms with E-state index in [1.807, 2.05) is 104 Å². The van der Waals surface area contributed by atoms with E-state index in [0.29, 0.717) is 47.3 Å². The molecule has 74 heavy (non-hydrogen) atoms. The van der Waals surface area contributed by atoms with Gasteiger partial charge in [0.05, 0.1) is 52.7 Å².